The summed E-state index contributed by atoms with van der Waals surface area (Å²) in [7, 11) is 0. The normalized spacial score (nSPS) is 16.2. The highest BCUT2D eigenvalue weighted by atomic mass is 35.5. The van der Waals surface area contributed by atoms with Crippen molar-refractivity contribution >= 4 is 35.6 Å². The highest BCUT2D eigenvalue weighted by Gasteiger charge is 2.44. The van der Waals surface area contributed by atoms with E-state index in [0.717, 1.165) is 12.8 Å². The molecule has 1 aromatic rings. The minimum Gasteiger partial charge on any atom is -0.465 e. The molecule has 0 radical (unpaired) electrons. The van der Waals surface area contributed by atoms with E-state index in [4.69, 9.17) is 23.2 Å². The molecule has 2 rings (SSSR count). The van der Waals surface area contributed by atoms with Crippen molar-refractivity contribution in [1.82, 2.24) is 4.90 Å². The van der Waals surface area contributed by atoms with Crippen LogP contribution in [-0.2, 0) is 0 Å². The van der Waals surface area contributed by atoms with Gasteiger partial charge in [-0.1, -0.05) is 44.0 Å². The summed E-state index contributed by atoms with van der Waals surface area (Å²) in [5, 5.41) is 10.2. The topological polar surface area (TPSA) is 57.6 Å². The zero-order valence-corrected chi connectivity index (χ0v) is 14.3. The Morgan fingerprint density at radius 3 is 2.36 bits per heavy atom. The smallest absolute Gasteiger partial charge is 0.408 e. The highest BCUT2D eigenvalue weighted by Crippen LogP contribution is 2.47. The van der Waals surface area contributed by atoms with Crippen molar-refractivity contribution in [2.45, 2.75) is 45.7 Å². The first-order valence-corrected chi connectivity index (χ1v) is 7.87. The van der Waals surface area contributed by atoms with Gasteiger partial charge in [0, 0.05) is 11.6 Å². The molecule has 1 amide bonds. The Bertz CT molecular complexity index is 606. The Morgan fingerprint density at radius 1 is 1.36 bits per heavy atom. The Hall–Kier alpha value is -1.26. The Kier molecular flexibility index (Phi) is 4.73. The number of aldehydes is 1. The third-order valence-electron chi connectivity index (χ3n) is 3.77. The summed E-state index contributed by atoms with van der Waals surface area (Å²) in [6.45, 7) is 5.86. The number of rotatable bonds is 4. The number of hydrogen-bond donors (Lipinski definition) is 1. The zero-order chi connectivity index (χ0) is 16.7. The van der Waals surface area contributed by atoms with Crippen LogP contribution in [0, 0.1) is 5.41 Å². The standard InChI is InChI=1S/C16H19Cl2NO3/c1-16(2,3)14(19(15(21)22)10-4-5-10)11-6-9(8-20)7-12(17)13(11)18/h6-8,10,14H,4-5H2,1-3H3,(H,21,22). The van der Waals surface area contributed by atoms with E-state index in [1.165, 1.54) is 11.0 Å². The first kappa shape index (κ1) is 17.1. The van der Waals surface area contributed by atoms with Crippen molar-refractivity contribution in [3.63, 3.8) is 0 Å². The Labute approximate surface area is 140 Å². The molecule has 1 N–H and O–H groups in total. The molecule has 0 heterocycles. The average Bonchev–Trinajstić information content (AvgIpc) is 3.21. The van der Waals surface area contributed by atoms with E-state index in [2.05, 4.69) is 0 Å². The number of benzene rings is 1. The van der Waals surface area contributed by atoms with Crippen molar-refractivity contribution in [2.24, 2.45) is 5.41 Å². The molecule has 0 saturated heterocycles. The molecular weight excluding hydrogens is 325 g/mol. The maximum atomic E-state index is 11.8. The van der Waals surface area contributed by atoms with Gasteiger partial charge in [0.2, 0.25) is 0 Å². The molecule has 1 unspecified atom stereocenters. The maximum Gasteiger partial charge on any atom is 0.408 e. The van der Waals surface area contributed by atoms with Crippen molar-refractivity contribution in [1.29, 1.82) is 0 Å². The van der Waals surface area contributed by atoms with E-state index in [0.29, 0.717) is 22.4 Å². The van der Waals surface area contributed by atoms with Crippen LogP contribution in [0.2, 0.25) is 10.0 Å². The number of halogens is 2. The van der Waals surface area contributed by atoms with E-state index in [-0.39, 0.29) is 11.1 Å². The summed E-state index contributed by atoms with van der Waals surface area (Å²) in [5.41, 5.74) is 0.577. The van der Waals surface area contributed by atoms with E-state index in [9.17, 15) is 14.7 Å². The molecule has 0 spiro atoms. The minimum absolute atomic E-state index is 0.00328. The van der Waals surface area contributed by atoms with Gasteiger partial charge in [0.05, 0.1) is 16.1 Å². The van der Waals surface area contributed by atoms with E-state index >= 15 is 0 Å². The summed E-state index contributed by atoms with van der Waals surface area (Å²) in [5.74, 6) is 0. The third kappa shape index (κ3) is 3.39. The third-order valence-corrected chi connectivity index (χ3v) is 4.59. The van der Waals surface area contributed by atoms with Gasteiger partial charge in [-0.15, -0.1) is 0 Å². The van der Waals surface area contributed by atoms with Crippen LogP contribution in [0.1, 0.15) is 55.6 Å². The average molecular weight is 344 g/mol. The lowest BCUT2D eigenvalue weighted by atomic mass is 9.80. The highest BCUT2D eigenvalue weighted by molar-refractivity contribution is 6.42. The molecule has 1 aliphatic rings. The summed E-state index contributed by atoms with van der Waals surface area (Å²) in [4.78, 5) is 24.3. The van der Waals surface area contributed by atoms with Crippen LogP contribution in [0.3, 0.4) is 0 Å². The van der Waals surface area contributed by atoms with Gasteiger partial charge < -0.3 is 5.11 Å². The lowest BCUT2D eigenvalue weighted by Crippen LogP contribution is -2.42. The first-order valence-electron chi connectivity index (χ1n) is 7.12. The van der Waals surface area contributed by atoms with Gasteiger partial charge in [-0.25, -0.2) is 4.79 Å². The molecule has 0 aromatic heterocycles. The molecule has 1 fully saturated rings. The monoisotopic (exact) mass is 343 g/mol. The van der Waals surface area contributed by atoms with Crippen LogP contribution >= 0.6 is 23.2 Å². The molecule has 1 atom stereocenters. The van der Waals surface area contributed by atoms with Gasteiger partial charge in [0.25, 0.3) is 0 Å². The van der Waals surface area contributed by atoms with Crippen molar-refractivity contribution < 1.29 is 14.7 Å². The summed E-state index contributed by atoms with van der Waals surface area (Å²) < 4.78 is 0. The van der Waals surface area contributed by atoms with Gasteiger partial charge in [0.1, 0.15) is 6.29 Å². The molecule has 1 saturated carbocycles. The quantitative estimate of drug-likeness (QED) is 0.779. The fraction of sp³-hybridized carbons (Fsp3) is 0.500. The molecule has 120 valence electrons. The predicted octanol–water partition coefficient (Wildman–Crippen LogP) is 5.04. The lowest BCUT2D eigenvalue weighted by molar-refractivity contribution is 0.0767. The van der Waals surface area contributed by atoms with Gasteiger partial charge >= 0.3 is 6.09 Å². The van der Waals surface area contributed by atoms with Gasteiger partial charge in [0.15, 0.2) is 0 Å². The summed E-state index contributed by atoms with van der Waals surface area (Å²) in [6.07, 6.45) is 1.40. The summed E-state index contributed by atoms with van der Waals surface area (Å²) in [6, 6.07) is 2.65. The fourth-order valence-corrected chi connectivity index (χ4v) is 3.21. The van der Waals surface area contributed by atoms with Crippen molar-refractivity contribution in [2.75, 3.05) is 0 Å². The van der Waals surface area contributed by atoms with Crippen LogP contribution in [0.25, 0.3) is 0 Å². The van der Waals surface area contributed by atoms with Crippen molar-refractivity contribution in [3.05, 3.63) is 33.3 Å². The second kappa shape index (κ2) is 6.09. The Morgan fingerprint density at radius 2 is 1.95 bits per heavy atom. The van der Waals surface area contributed by atoms with E-state index < -0.39 is 17.6 Å². The van der Waals surface area contributed by atoms with Crippen LogP contribution in [0.5, 0.6) is 0 Å². The Balaban J connectivity index is 2.62. The van der Waals surface area contributed by atoms with Crippen LogP contribution in [0.4, 0.5) is 4.79 Å². The van der Waals surface area contributed by atoms with E-state index in [1.807, 2.05) is 20.8 Å². The molecule has 1 aliphatic carbocycles. The molecule has 22 heavy (non-hydrogen) atoms. The fourth-order valence-electron chi connectivity index (χ4n) is 2.76. The van der Waals surface area contributed by atoms with Crippen LogP contribution < -0.4 is 0 Å². The molecule has 0 bridgehead atoms. The number of carboxylic acid groups (broad SMARTS) is 1. The van der Waals surface area contributed by atoms with Crippen LogP contribution in [0.15, 0.2) is 12.1 Å². The number of carbonyl (C=O) groups excluding carboxylic acids is 1. The molecular formula is C16H19Cl2NO3. The van der Waals surface area contributed by atoms with Gasteiger partial charge in [-0.05, 0) is 36.0 Å². The lowest BCUT2D eigenvalue weighted by Gasteiger charge is -2.40. The molecule has 6 heteroatoms. The number of hydrogen-bond acceptors (Lipinski definition) is 2. The second-order valence-electron chi connectivity index (χ2n) is 6.71. The minimum atomic E-state index is -0.980. The SMILES string of the molecule is CC(C)(C)C(c1cc(C=O)cc(Cl)c1Cl)N(C(=O)O)C1CC1. The molecule has 1 aromatic carbocycles. The zero-order valence-electron chi connectivity index (χ0n) is 12.8. The number of carbonyl (C=O) groups is 2. The van der Waals surface area contributed by atoms with Gasteiger partial charge in [-0.3, -0.25) is 9.69 Å². The van der Waals surface area contributed by atoms with Crippen molar-refractivity contribution in [3.8, 4) is 0 Å². The largest absolute Gasteiger partial charge is 0.465 e. The predicted molar refractivity (Wildman–Crippen MR) is 86.9 cm³/mol. The number of amides is 1. The molecule has 0 aliphatic heterocycles. The van der Waals surface area contributed by atoms with E-state index in [1.54, 1.807) is 6.07 Å². The number of nitrogens with zero attached hydrogens (tertiary/aromatic N) is 1. The molecule has 4 nitrogen and oxygen atoms in total. The first-order chi connectivity index (χ1) is 10.2. The van der Waals surface area contributed by atoms with Gasteiger partial charge in [-0.2, -0.15) is 0 Å². The summed E-state index contributed by atoms with van der Waals surface area (Å²) >= 11 is 12.4. The van der Waals surface area contributed by atoms with Crippen LogP contribution in [-0.4, -0.2) is 28.4 Å². The maximum absolute atomic E-state index is 11.8. The second-order valence-corrected chi connectivity index (χ2v) is 7.50.